The van der Waals surface area contributed by atoms with Gasteiger partial charge in [0.25, 0.3) is 0 Å². The highest BCUT2D eigenvalue weighted by Gasteiger charge is 2.30. The van der Waals surface area contributed by atoms with Gasteiger partial charge in [0.2, 0.25) is 0 Å². The van der Waals surface area contributed by atoms with Crippen molar-refractivity contribution in [3.63, 3.8) is 0 Å². The molecule has 0 aromatic carbocycles. The third-order valence-corrected chi connectivity index (χ3v) is 4.18. The van der Waals surface area contributed by atoms with Gasteiger partial charge >= 0.3 is 0 Å². The maximum Gasteiger partial charge on any atom is 0.103 e. The van der Waals surface area contributed by atoms with E-state index in [-0.39, 0.29) is 11.1 Å². The molecule has 1 saturated heterocycles. The second kappa shape index (κ2) is 7.97. The van der Waals surface area contributed by atoms with Crippen LogP contribution in [0.15, 0.2) is 0 Å². The number of nitrogens with zero attached hydrogens (tertiary/aromatic N) is 2. The van der Waals surface area contributed by atoms with Crippen molar-refractivity contribution in [1.29, 1.82) is 5.26 Å². The largest absolute Gasteiger partial charge is 0.378 e. The smallest absolute Gasteiger partial charge is 0.103 e. The SMILES string of the molecule is CCCNC(C)(C#N)CCCCN1CCOCC1(C)C. The normalized spacial score (nSPS) is 22.1. The van der Waals surface area contributed by atoms with Crippen molar-refractivity contribution < 1.29 is 4.74 Å². The van der Waals surface area contributed by atoms with E-state index in [1.54, 1.807) is 0 Å². The molecule has 1 fully saturated rings. The molecule has 116 valence electrons. The lowest BCUT2D eigenvalue weighted by Crippen LogP contribution is -2.53. The van der Waals surface area contributed by atoms with Crippen LogP contribution in [0.5, 0.6) is 0 Å². The fourth-order valence-electron chi connectivity index (χ4n) is 2.67. The fraction of sp³-hybridized carbons (Fsp3) is 0.938. The van der Waals surface area contributed by atoms with Crippen LogP contribution in [0.1, 0.15) is 53.4 Å². The zero-order valence-electron chi connectivity index (χ0n) is 13.7. The number of rotatable bonds is 8. The first-order valence-electron chi connectivity index (χ1n) is 7.92. The first-order chi connectivity index (χ1) is 9.43. The summed E-state index contributed by atoms with van der Waals surface area (Å²) < 4.78 is 5.54. The van der Waals surface area contributed by atoms with E-state index in [1.165, 1.54) is 0 Å². The molecule has 1 N–H and O–H groups in total. The number of unbranched alkanes of at least 4 members (excludes halogenated alkanes) is 1. The molecule has 0 saturated carbocycles. The molecule has 1 unspecified atom stereocenters. The molecular formula is C16H31N3O. The van der Waals surface area contributed by atoms with Crippen LogP contribution in [0.2, 0.25) is 0 Å². The van der Waals surface area contributed by atoms with Crippen LogP contribution in [0.3, 0.4) is 0 Å². The molecule has 0 spiro atoms. The van der Waals surface area contributed by atoms with E-state index in [1.807, 2.05) is 6.92 Å². The van der Waals surface area contributed by atoms with Crippen LogP contribution >= 0.6 is 0 Å². The van der Waals surface area contributed by atoms with Crippen molar-refractivity contribution in [2.45, 2.75) is 64.5 Å². The molecule has 0 bridgehead atoms. The zero-order valence-corrected chi connectivity index (χ0v) is 13.7. The number of morpholine rings is 1. The second-order valence-corrected chi connectivity index (χ2v) is 6.68. The summed E-state index contributed by atoms with van der Waals surface area (Å²) in [5, 5.41) is 12.7. The predicted octanol–water partition coefficient (Wildman–Crippen LogP) is 2.55. The number of hydrogen-bond donors (Lipinski definition) is 1. The molecule has 0 aliphatic carbocycles. The third kappa shape index (κ3) is 5.40. The van der Waals surface area contributed by atoms with Gasteiger partial charge in [-0.3, -0.25) is 10.2 Å². The van der Waals surface area contributed by atoms with Gasteiger partial charge in [-0.25, -0.2) is 0 Å². The van der Waals surface area contributed by atoms with E-state index in [4.69, 9.17) is 4.74 Å². The Kier molecular flexibility index (Phi) is 6.94. The Hall–Kier alpha value is -0.630. The van der Waals surface area contributed by atoms with Gasteiger partial charge in [-0.1, -0.05) is 6.92 Å². The molecule has 4 nitrogen and oxygen atoms in total. The van der Waals surface area contributed by atoms with Crippen LogP contribution in [0.25, 0.3) is 0 Å². The van der Waals surface area contributed by atoms with E-state index in [2.05, 4.69) is 37.1 Å². The molecule has 20 heavy (non-hydrogen) atoms. The fourth-order valence-corrected chi connectivity index (χ4v) is 2.67. The van der Waals surface area contributed by atoms with Crippen molar-refractivity contribution >= 4 is 0 Å². The maximum absolute atomic E-state index is 9.30. The summed E-state index contributed by atoms with van der Waals surface area (Å²) in [5.41, 5.74) is -0.215. The lowest BCUT2D eigenvalue weighted by Gasteiger charge is -2.42. The topological polar surface area (TPSA) is 48.3 Å². The molecule has 1 rings (SSSR count). The Morgan fingerprint density at radius 2 is 2.15 bits per heavy atom. The highest BCUT2D eigenvalue weighted by molar-refractivity contribution is 5.03. The molecule has 0 radical (unpaired) electrons. The quantitative estimate of drug-likeness (QED) is 0.695. The van der Waals surface area contributed by atoms with Crippen LogP contribution < -0.4 is 5.32 Å². The summed E-state index contributed by atoms with van der Waals surface area (Å²) in [6, 6.07) is 2.42. The standard InChI is InChI=1S/C16H31N3O/c1-5-9-18-16(4,13-17)8-6-7-10-19-11-12-20-14-15(19,2)3/h18H,5-12,14H2,1-4H3. The number of ether oxygens (including phenoxy) is 1. The summed E-state index contributed by atoms with van der Waals surface area (Å²) in [6.45, 7) is 13.3. The van der Waals surface area contributed by atoms with Crippen molar-refractivity contribution in [3.8, 4) is 6.07 Å². The van der Waals surface area contributed by atoms with Gasteiger partial charge in [-0.05, 0) is 59.5 Å². The summed E-state index contributed by atoms with van der Waals surface area (Å²) in [6.07, 6.45) is 4.23. The lowest BCUT2D eigenvalue weighted by atomic mass is 9.95. The molecule has 1 atom stereocenters. The van der Waals surface area contributed by atoms with Gasteiger partial charge in [0, 0.05) is 12.1 Å². The minimum Gasteiger partial charge on any atom is -0.378 e. The van der Waals surface area contributed by atoms with Gasteiger partial charge in [0.1, 0.15) is 5.54 Å². The first kappa shape index (κ1) is 17.4. The Balaban J connectivity index is 2.28. The van der Waals surface area contributed by atoms with Crippen LogP contribution in [-0.4, -0.2) is 48.8 Å². The average Bonchev–Trinajstić information content (AvgIpc) is 2.42. The second-order valence-electron chi connectivity index (χ2n) is 6.68. The molecule has 0 aromatic heterocycles. The summed E-state index contributed by atoms with van der Waals surface area (Å²) >= 11 is 0. The summed E-state index contributed by atoms with van der Waals surface area (Å²) in [4.78, 5) is 2.51. The van der Waals surface area contributed by atoms with E-state index < -0.39 is 0 Å². The number of nitriles is 1. The Bertz CT molecular complexity index is 324. The Morgan fingerprint density at radius 3 is 2.75 bits per heavy atom. The Morgan fingerprint density at radius 1 is 1.40 bits per heavy atom. The van der Waals surface area contributed by atoms with Crippen molar-refractivity contribution in [2.75, 3.05) is 32.8 Å². The highest BCUT2D eigenvalue weighted by Crippen LogP contribution is 2.20. The van der Waals surface area contributed by atoms with Crippen molar-refractivity contribution in [3.05, 3.63) is 0 Å². The van der Waals surface area contributed by atoms with Crippen LogP contribution in [-0.2, 0) is 4.74 Å². The third-order valence-electron chi connectivity index (χ3n) is 4.18. The molecule has 0 amide bonds. The van der Waals surface area contributed by atoms with E-state index in [0.717, 1.165) is 58.5 Å². The van der Waals surface area contributed by atoms with E-state index in [9.17, 15) is 5.26 Å². The van der Waals surface area contributed by atoms with Crippen LogP contribution in [0.4, 0.5) is 0 Å². The number of nitrogens with one attached hydrogen (secondary N) is 1. The van der Waals surface area contributed by atoms with Crippen LogP contribution in [0, 0.1) is 11.3 Å². The molecular weight excluding hydrogens is 250 g/mol. The van der Waals surface area contributed by atoms with E-state index in [0.29, 0.717) is 0 Å². The Labute approximate surface area is 124 Å². The minimum atomic E-state index is -0.365. The number of hydrogen-bond acceptors (Lipinski definition) is 4. The van der Waals surface area contributed by atoms with Gasteiger partial charge in [-0.15, -0.1) is 0 Å². The summed E-state index contributed by atoms with van der Waals surface area (Å²) in [7, 11) is 0. The van der Waals surface area contributed by atoms with Gasteiger partial charge in [0.15, 0.2) is 0 Å². The molecule has 1 aliphatic rings. The average molecular weight is 281 g/mol. The highest BCUT2D eigenvalue weighted by atomic mass is 16.5. The first-order valence-corrected chi connectivity index (χ1v) is 7.92. The van der Waals surface area contributed by atoms with Crippen molar-refractivity contribution in [2.24, 2.45) is 0 Å². The molecule has 0 aromatic rings. The molecule has 4 heteroatoms. The van der Waals surface area contributed by atoms with Gasteiger partial charge < -0.3 is 4.74 Å². The van der Waals surface area contributed by atoms with E-state index >= 15 is 0 Å². The molecule has 1 heterocycles. The van der Waals surface area contributed by atoms with Gasteiger partial charge in [0.05, 0.1) is 19.3 Å². The van der Waals surface area contributed by atoms with Gasteiger partial charge in [-0.2, -0.15) is 5.26 Å². The monoisotopic (exact) mass is 281 g/mol. The predicted molar refractivity (Wildman–Crippen MR) is 82.6 cm³/mol. The molecule has 1 aliphatic heterocycles. The van der Waals surface area contributed by atoms with Crippen molar-refractivity contribution in [1.82, 2.24) is 10.2 Å². The minimum absolute atomic E-state index is 0.150. The lowest BCUT2D eigenvalue weighted by molar-refractivity contribution is -0.0514. The maximum atomic E-state index is 9.30. The summed E-state index contributed by atoms with van der Waals surface area (Å²) in [5.74, 6) is 0. The zero-order chi connectivity index (χ0) is 15.1.